The second-order valence-electron chi connectivity index (χ2n) is 6.09. The van der Waals surface area contributed by atoms with Gasteiger partial charge < -0.3 is 16.0 Å². The third-order valence-electron chi connectivity index (χ3n) is 3.94. The Morgan fingerprint density at radius 2 is 2.35 bits per heavy atom. The fourth-order valence-corrected chi connectivity index (χ4v) is 2.76. The molecule has 1 atom stereocenters. The minimum Gasteiger partial charge on any atom is -0.370 e. The lowest BCUT2D eigenvalue weighted by atomic mass is 10.0. The van der Waals surface area contributed by atoms with Crippen LogP contribution in [0.2, 0.25) is 0 Å². The van der Waals surface area contributed by atoms with Crippen LogP contribution in [0.1, 0.15) is 25.3 Å². The van der Waals surface area contributed by atoms with Gasteiger partial charge >= 0.3 is 0 Å². The standard InChI is InChI=1S/C17H25FN4O/c1-13-4-3-9-22(12-13)17(19)21-8-7-20-16(23)11-14-5-2-6-15(18)10-14/h2,5-6,10,13H,3-4,7-9,11-12H2,1H3,(H2,19,21)(H,20,23). The number of benzene rings is 1. The van der Waals surface area contributed by atoms with Gasteiger partial charge in [-0.05, 0) is 36.5 Å². The fourth-order valence-electron chi connectivity index (χ4n) is 2.76. The number of hydrogen-bond donors (Lipinski definition) is 2. The number of halogens is 1. The first-order valence-corrected chi connectivity index (χ1v) is 8.10. The van der Waals surface area contributed by atoms with Crippen LogP contribution in [-0.4, -0.2) is 42.9 Å². The van der Waals surface area contributed by atoms with Crippen LogP contribution < -0.4 is 11.1 Å². The highest BCUT2D eigenvalue weighted by Crippen LogP contribution is 2.14. The van der Waals surface area contributed by atoms with E-state index in [4.69, 9.17) is 5.73 Å². The Kier molecular flexibility index (Phi) is 6.38. The number of guanidine groups is 1. The van der Waals surface area contributed by atoms with Crippen molar-refractivity contribution in [3.05, 3.63) is 35.6 Å². The first-order valence-electron chi connectivity index (χ1n) is 8.10. The second-order valence-corrected chi connectivity index (χ2v) is 6.09. The summed E-state index contributed by atoms with van der Waals surface area (Å²) in [6.07, 6.45) is 2.54. The van der Waals surface area contributed by atoms with Crippen molar-refractivity contribution in [1.82, 2.24) is 10.2 Å². The number of rotatable bonds is 5. The number of piperidine rings is 1. The molecule has 1 heterocycles. The molecule has 1 aliphatic rings. The molecule has 0 saturated carbocycles. The average molecular weight is 320 g/mol. The Labute approximate surface area is 136 Å². The molecule has 1 aromatic rings. The summed E-state index contributed by atoms with van der Waals surface area (Å²) in [6, 6.07) is 6.06. The molecule has 1 saturated heterocycles. The van der Waals surface area contributed by atoms with E-state index in [2.05, 4.69) is 22.1 Å². The lowest BCUT2D eigenvalue weighted by Gasteiger charge is -2.31. The number of nitrogens with zero attached hydrogens (tertiary/aromatic N) is 2. The molecule has 2 rings (SSSR count). The van der Waals surface area contributed by atoms with Crippen molar-refractivity contribution >= 4 is 11.9 Å². The number of carbonyl (C=O) groups is 1. The van der Waals surface area contributed by atoms with Crippen LogP contribution in [0.4, 0.5) is 4.39 Å². The van der Waals surface area contributed by atoms with Crippen LogP contribution in [0.25, 0.3) is 0 Å². The molecule has 1 unspecified atom stereocenters. The minimum absolute atomic E-state index is 0.143. The normalized spacial score (nSPS) is 18.8. The van der Waals surface area contributed by atoms with E-state index in [1.165, 1.54) is 18.6 Å². The molecule has 0 bridgehead atoms. The number of amides is 1. The molecule has 6 heteroatoms. The predicted molar refractivity (Wildman–Crippen MR) is 89.6 cm³/mol. The topological polar surface area (TPSA) is 70.7 Å². The van der Waals surface area contributed by atoms with Gasteiger partial charge in [0.05, 0.1) is 13.0 Å². The van der Waals surface area contributed by atoms with Crippen LogP contribution in [0.5, 0.6) is 0 Å². The van der Waals surface area contributed by atoms with E-state index in [1.54, 1.807) is 12.1 Å². The monoisotopic (exact) mass is 320 g/mol. The van der Waals surface area contributed by atoms with Gasteiger partial charge in [-0.3, -0.25) is 9.79 Å². The number of carbonyl (C=O) groups excluding carboxylic acids is 1. The molecule has 0 aromatic heterocycles. The quantitative estimate of drug-likeness (QED) is 0.491. The predicted octanol–water partition coefficient (Wildman–Crippen LogP) is 1.53. The molecule has 126 valence electrons. The first kappa shape index (κ1) is 17.2. The molecule has 1 aromatic carbocycles. The Bertz CT molecular complexity index is 561. The summed E-state index contributed by atoms with van der Waals surface area (Å²) in [6.45, 7) is 4.99. The lowest BCUT2D eigenvalue weighted by Crippen LogP contribution is -2.43. The van der Waals surface area contributed by atoms with Crippen molar-refractivity contribution in [1.29, 1.82) is 0 Å². The van der Waals surface area contributed by atoms with Gasteiger partial charge in [-0.2, -0.15) is 0 Å². The molecule has 5 nitrogen and oxygen atoms in total. The number of hydrogen-bond acceptors (Lipinski definition) is 2. The molecule has 3 N–H and O–H groups in total. The summed E-state index contributed by atoms with van der Waals surface area (Å²) in [7, 11) is 0. The Morgan fingerprint density at radius 3 is 3.09 bits per heavy atom. The molecular weight excluding hydrogens is 295 g/mol. The maximum atomic E-state index is 13.0. The van der Waals surface area contributed by atoms with Gasteiger partial charge in [-0.1, -0.05) is 19.1 Å². The highest BCUT2D eigenvalue weighted by molar-refractivity contribution is 5.79. The average Bonchev–Trinajstić information content (AvgIpc) is 2.51. The van der Waals surface area contributed by atoms with E-state index >= 15 is 0 Å². The van der Waals surface area contributed by atoms with Crippen LogP contribution in [-0.2, 0) is 11.2 Å². The number of aliphatic imine (C=N–C) groups is 1. The zero-order chi connectivity index (χ0) is 16.7. The zero-order valence-corrected chi connectivity index (χ0v) is 13.6. The summed E-state index contributed by atoms with van der Waals surface area (Å²) in [5, 5.41) is 2.78. The smallest absolute Gasteiger partial charge is 0.224 e. The van der Waals surface area contributed by atoms with Gasteiger partial charge in [-0.15, -0.1) is 0 Å². The summed E-state index contributed by atoms with van der Waals surface area (Å²) < 4.78 is 13.0. The van der Waals surface area contributed by atoms with Gasteiger partial charge in [0.1, 0.15) is 5.82 Å². The van der Waals surface area contributed by atoms with E-state index in [1.807, 2.05) is 0 Å². The third-order valence-corrected chi connectivity index (χ3v) is 3.94. The summed E-state index contributed by atoms with van der Waals surface area (Å²) >= 11 is 0. The molecule has 0 aliphatic carbocycles. The molecule has 1 amide bonds. The SMILES string of the molecule is CC1CCCN(C(N)=NCCNC(=O)Cc2cccc(F)c2)C1. The van der Waals surface area contributed by atoms with Crippen LogP contribution in [0.3, 0.4) is 0 Å². The lowest BCUT2D eigenvalue weighted by molar-refractivity contribution is -0.120. The summed E-state index contributed by atoms with van der Waals surface area (Å²) in [5.74, 6) is 0.721. The van der Waals surface area contributed by atoms with Gasteiger partial charge in [0, 0.05) is 19.6 Å². The maximum absolute atomic E-state index is 13.0. The Morgan fingerprint density at radius 1 is 1.52 bits per heavy atom. The summed E-state index contributed by atoms with van der Waals surface area (Å²) in [4.78, 5) is 18.2. The highest BCUT2D eigenvalue weighted by Gasteiger charge is 2.17. The fraction of sp³-hybridized carbons (Fsp3) is 0.529. The van der Waals surface area contributed by atoms with Crippen molar-refractivity contribution in [2.75, 3.05) is 26.2 Å². The molecule has 23 heavy (non-hydrogen) atoms. The van der Waals surface area contributed by atoms with Crippen LogP contribution >= 0.6 is 0 Å². The van der Waals surface area contributed by atoms with Crippen molar-refractivity contribution in [3.8, 4) is 0 Å². The van der Waals surface area contributed by atoms with Crippen molar-refractivity contribution in [2.24, 2.45) is 16.6 Å². The van der Waals surface area contributed by atoms with Gasteiger partial charge in [0.2, 0.25) is 5.91 Å². The molecule has 1 fully saturated rings. The molecule has 0 radical (unpaired) electrons. The second kappa shape index (κ2) is 8.50. The van der Waals surface area contributed by atoms with E-state index in [0.29, 0.717) is 30.5 Å². The highest BCUT2D eigenvalue weighted by atomic mass is 19.1. The molecular formula is C17H25FN4O. The van der Waals surface area contributed by atoms with Crippen molar-refractivity contribution < 1.29 is 9.18 Å². The van der Waals surface area contributed by atoms with E-state index < -0.39 is 0 Å². The molecule has 0 spiro atoms. The van der Waals surface area contributed by atoms with E-state index in [9.17, 15) is 9.18 Å². The Hall–Kier alpha value is -2.11. The number of nitrogens with one attached hydrogen (secondary N) is 1. The number of nitrogens with two attached hydrogens (primary N) is 1. The van der Waals surface area contributed by atoms with Crippen LogP contribution in [0.15, 0.2) is 29.3 Å². The van der Waals surface area contributed by atoms with Gasteiger partial charge in [-0.25, -0.2) is 4.39 Å². The zero-order valence-electron chi connectivity index (χ0n) is 13.6. The summed E-state index contributed by atoms with van der Waals surface area (Å²) in [5.41, 5.74) is 6.65. The van der Waals surface area contributed by atoms with Crippen molar-refractivity contribution in [3.63, 3.8) is 0 Å². The first-order chi connectivity index (χ1) is 11.0. The Balaban J connectivity index is 1.69. The number of likely N-dealkylation sites (tertiary alicyclic amines) is 1. The third kappa shape index (κ3) is 5.88. The van der Waals surface area contributed by atoms with Gasteiger partial charge in [0.15, 0.2) is 5.96 Å². The van der Waals surface area contributed by atoms with Gasteiger partial charge in [0.25, 0.3) is 0 Å². The maximum Gasteiger partial charge on any atom is 0.224 e. The molecule has 1 aliphatic heterocycles. The van der Waals surface area contributed by atoms with Crippen LogP contribution in [0, 0.1) is 11.7 Å². The minimum atomic E-state index is -0.330. The van der Waals surface area contributed by atoms with E-state index in [-0.39, 0.29) is 18.1 Å². The van der Waals surface area contributed by atoms with Crippen molar-refractivity contribution in [2.45, 2.75) is 26.2 Å². The van der Waals surface area contributed by atoms with E-state index in [0.717, 1.165) is 19.5 Å². The largest absolute Gasteiger partial charge is 0.370 e.